The van der Waals surface area contributed by atoms with E-state index in [1.807, 2.05) is 6.07 Å². The Morgan fingerprint density at radius 3 is 2.83 bits per heavy atom. The summed E-state index contributed by atoms with van der Waals surface area (Å²) >= 11 is 3.41. The first-order valence-electron chi connectivity index (χ1n) is 3.79. The fraction of sp³-hybridized carbons (Fsp3) is 0.300. The van der Waals surface area contributed by atoms with Gasteiger partial charge in [0.15, 0.2) is 0 Å². The summed E-state index contributed by atoms with van der Waals surface area (Å²) in [5.74, 6) is 0. The highest BCUT2D eigenvalue weighted by molar-refractivity contribution is 9.08. The summed E-state index contributed by atoms with van der Waals surface area (Å²) < 4.78 is 0. The van der Waals surface area contributed by atoms with Crippen molar-refractivity contribution < 1.29 is 0 Å². The van der Waals surface area contributed by atoms with Crippen molar-refractivity contribution in [3.05, 3.63) is 34.9 Å². The molecular formula is C10H10BrN. The molecule has 62 valence electrons. The molecular weight excluding hydrogens is 214 g/mol. The average molecular weight is 224 g/mol. The SMILES string of the molecule is Cc1ccc(CC#N)cc1CBr. The average Bonchev–Trinajstić information content (AvgIpc) is 2.09. The highest BCUT2D eigenvalue weighted by Gasteiger charge is 1.97. The minimum absolute atomic E-state index is 0.500. The van der Waals surface area contributed by atoms with Crippen molar-refractivity contribution in [2.75, 3.05) is 0 Å². The van der Waals surface area contributed by atoms with Crippen LogP contribution in [0.2, 0.25) is 0 Å². The molecule has 0 fully saturated rings. The molecule has 0 saturated heterocycles. The van der Waals surface area contributed by atoms with Gasteiger partial charge in [-0.15, -0.1) is 0 Å². The Morgan fingerprint density at radius 1 is 1.50 bits per heavy atom. The van der Waals surface area contributed by atoms with Crippen molar-refractivity contribution >= 4 is 15.9 Å². The molecule has 0 heterocycles. The van der Waals surface area contributed by atoms with Crippen LogP contribution in [0.25, 0.3) is 0 Å². The van der Waals surface area contributed by atoms with Gasteiger partial charge >= 0.3 is 0 Å². The quantitative estimate of drug-likeness (QED) is 0.708. The number of rotatable bonds is 2. The van der Waals surface area contributed by atoms with Gasteiger partial charge in [0, 0.05) is 5.33 Å². The molecule has 0 N–H and O–H groups in total. The summed E-state index contributed by atoms with van der Waals surface area (Å²) in [6.07, 6.45) is 0.500. The Bertz CT molecular complexity index is 312. The first-order chi connectivity index (χ1) is 5.77. The minimum atomic E-state index is 0.500. The Morgan fingerprint density at radius 2 is 2.25 bits per heavy atom. The third kappa shape index (κ3) is 2.09. The van der Waals surface area contributed by atoms with Gasteiger partial charge in [0.25, 0.3) is 0 Å². The second kappa shape index (κ2) is 4.27. The summed E-state index contributed by atoms with van der Waals surface area (Å²) in [6, 6.07) is 8.28. The zero-order valence-corrected chi connectivity index (χ0v) is 8.56. The largest absolute Gasteiger partial charge is 0.198 e. The van der Waals surface area contributed by atoms with E-state index in [2.05, 4.69) is 41.1 Å². The Labute approximate surface area is 81.2 Å². The van der Waals surface area contributed by atoms with E-state index in [0.717, 1.165) is 10.9 Å². The molecule has 0 aromatic heterocycles. The van der Waals surface area contributed by atoms with Gasteiger partial charge in [-0.1, -0.05) is 34.1 Å². The fourth-order valence-electron chi connectivity index (χ4n) is 1.07. The predicted octanol–water partition coefficient (Wildman–Crippen LogP) is 2.96. The van der Waals surface area contributed by atoms with Crippen LogP contribution in [0.15, 0.2) is 18.2 Å². The van der Waals surface area contributed by atoms with Crippen LogP contribution in [0.4, 0.5) is 0 Å². The maximum absolute atomic E-state index is 8.49. The van der Waals surface area contributed by atoms with Crippen molar-refractivity contribution in [2.45, 2.75) is 18.7 Å². The van der Waals surface area contributed by atoms with Crippen LogP contribution < -0.4 is 0 Å². The van der Waals surface area contributed by atoms with Gasteiger partial charge in [0.2, 0.25) is 0 Å². The van der Waals surface area contributed by atoms with Crippen LogP contribution in [0.5, 0.6) is 0 Å². The number of nitriles is 1. The van der Waals surface area contributed by atoms with E-state index >= 15 is 0 Å². The highest BCUT2D eigenvalue weighted by Crippen LogP contribution is 2.14. The van der Waals surface area contributed by atoms with Gasteiger partial charge in [-0.2, -0.15) is 5.26 Å². The zero-order chi connectivity index (χ0) is 8.97. The second-order valence-corrected chi connectivity index (χ2v) is 3.29. The Balaban J connectivity index is 2.98. The lowest BCUT2D eigenvalue weighted by molar-refractivity contribution is 1.21. The molecule has 0 spiro atoms. The molecule has 0 aliphatic heterocycles. The van der Waals surface area contributed by atoms with Gasteiger partial charge in [0.05, 0.1) is 12.5 Å². The van der Waals surface area contributed by atoms with Crippen molar-refractivity contribution in [3.63, 3.8) is 0 Å². The number of nitrogens with zero attached hydrogens (tertiary/aromatic N) is 1. The van der Waals surface area contributed by atoms with Crippen molar-refractivity contribution in [1.82, 2.24) is 0 Å². The third-order valence-corrected chi connectivity index (χ3v) is 2.44. The number of aryl methyl sites for hydroxylation is 1. The molecule has 1 rings (SSSR count). The number of hydrogen-bond donors (Lipinski definition) is 0. The molecule has 2 heteroatoms. The molecule has 1 nitrogen and oxygen atoms in total. The molecule has 0 radical (unpaired) electrons. The van der Waals surface area contributed by atoms with E-state index in [9.17, 15) is 0 Å². The second-order valence-electron chi connectivity index (χ2n) is 2.73. The van der Waals surface area contributed by atoms with Crippen LogP contribution in [-0.4, -0.2) is 0 Å². The van der Waals surface area contributed by atoms with E-state index < -0.39 is 0 Å². The Kier molecular flexibility index (Phi) is 3.31. The first-order valence-corrected chi connectivity index (χ1v) is 4.91. The molecule has 1 aromatic rings. The first kappa shape index (κ1) is 9.28. The summed E-state index contributed by atoms with van der Waals surface area (Å²) in [5.41, 5.74) is 3.63. The lowest BCUT2D eigenvalue weighted by Gasteiger charge is -2.02. The zero-order valence-electron chi connectivity index (χ0n) is 6.97. The van der Waals surface area contributed by atoms with Gasteiger partial charge in [0.1, 0.15) is 0 Å². The topological polar surface area (TPSA) is 23.8 Å². The van der Waals surface area contributed by atoms with E-state index in [-0.39, 0.29) is 0 Å². The highest BCUT2D eigenvalue weighted by atomic mass is 79.9. The van der Waals surface area contributed by atoms with E-state index in [0.29, 0.717) is 6.42 Å². The van der Waals surface area contributed by atoms with Gasteiger partial charge in [-0.25, -0.2) is 0 Å². The molecule has 12 heavy (non-hydrogen) atoms. The van der Waals surface area contributed by atoms with Crippen molar-refractivity contribution in [3.8, 4) is 6.07 Å². The van der Waals surface area contributed by atoms with Crippen molar-refractivity contribution in [1.29, 1.82) is 5.26 Å². The van der Waals surface area contributed by atoms with Gasteiger partial charge < -0.3 is 0 Å². The molecule has 0 atom stereocenters. The molecule has 1 aromatic carbocycles. The number of hydrogen-bond acceptors (Lipinski definition) is 1. The van der Waals surface area contributed by atoms with Crippen LogP contribution >= 0.6 is 15.9 Å². The van der Waals surface area contributed by atoms with Gasteiger partial charge in [-0.3, -0.25) is 0 Å². The third-order valence-electron chi connectivity index (χ3n) is 1.84. The smallest absolute Gasteiger partial charge is 0.0669 e. The lowest BCUT2D eigenvalue weighted by atomic mass is 10.1. The summed E-state index contributed by atoms with van der Waals surface area (Å²) in [7, 11) is 0. The molecule has 0 amide bonds. The summed E-state index contributed by atoms with van der Waals surface area (Å²) in [5, 5.41) is 9.35. The summed E-state index contributed by atoms with van der Waals surface area (Å²) in [6.45, 7) is 2.08. The standard InChI is InChI=1S/C10H10BrN/c1-8-2-3-9(4-5-12)6-10(8)7-11/h2-3,6H,4,7H2,1H3. The van der Waals surface area contributed by atoms with Crippen LogP contribution in [-0.2, 0) is 11.8 Å². The molecule has 0 aliphatic rings. The monoisotopic (exact) mass is 223 g/mol. The molecule has 0 unspecified atom stereocenters. The van der Waals surface area contributed by atoms with Crippen LogP contribution in [0, 0.1) is 18.3 Å². The molecule has 0 aliphatic carbocycles. The molecule has 0 bridgehead atoms. The maximum Gasteiger partial charge on any atom is 0.0669 e. The minimum Gasteiger partial charge on any atom is -0.198 e. The number of benzene rings is 1. The van der Waals surface area contributed by atoms with E-state index in [4.69, 9.17) is 5.26 Å². The molecule has 0 saturated carbocycles. The predicted molar refractivity (Wildman–Crippen MR) is 53.1 cm³/mol. The maximum atomic E-state index is 8.49. The van der Waals surface area contributed by atoms with Crippen LogP contribution in [0.3, 0.4) is 0 Å². The van der Waals surface area contributed by atoms with E-state index in [1.54, 1.807) is 0 Å². The number of alkyl halides is 1. The summed E-state index contributed by atoms with van der Waals surface area (Å²) in [4.78, 5) is 0. The van der Waals surface area contributed by atoms with Crippen molar-refractivity contribution in [2.24, 2.45) is 0 Å². The Hall–Kier alpha value is -0.810. The van der Waals surface area contributed by atoms with Gasteiger partial charge in [-0.05, 0) is 23.6 Å². The lowest BCUT2D eigenvalue weighted by Crippen LogP contribution is -1.88. The fourth-order valence-corrected chi connectivity index (χ4v) is 1.67. The normalized spacial score (nSPS) is 9.42. The van der Waals surface area contributed by atoms with Crippen LogP contribution in [0.1, 0.15) is 16.7 Å². The van der Waals surface area contributed by atoms with E-state index in [1.165, 1.54) is 11.1 Å². The number of halogens is 1.